The number of benzene rings is 3. The first kappa shape index (κ1) is 27.5. The third-order valence-corrected chi connectivity index (χ3v) is 7.13. The van der Waals surface area contributed by atoms with Gasteiger partial charge in [-0.15, -0.1) is 0 Å². The first-order chi connectivity index (χ1) is 16.6. The summed E-state index contributed by atoms with van der Waals surface area (Å²) >= 11 is 6.04. The van der Waals surface area contributed by atoms with E-state index in [0.29, 0.717) is 16.1 Å². The Hall–Kier alpha value is -3.11. The molecule has 0 saturated carbocycles. The third kappa shape index (κ3) is 5.82. The highest BCUT2D eigenvalue weighted by Crippen LogP contribution is 2.37. The maximum absolute atomic E-state index is 14.5. The number of hydrogen-bond donors (Lipinski definition) is 2. The predicted molar refractivity (Wildman–Crippen MR) is 131 cm³/mol. The summed E-state index contributed by atoms with van der Waals surface area (Å²) in [5, 5.41) is 2.98. The minimum absolute atomic E-state index is 0.0201. The van der Waals surface area contributed by atoms with Crippen LogP contribution in [-0.4, -0.2) is 20.6 Å². The number of anilines is 1. The second-order valence-corrected chi connectivity index (χ2v) is 10.8. The minimum atomic E-state index is -4.58. The largest absolute Gasteiger partial charge is 0.416 e. The first-order valence-electron chi connectivity index (χ1n) is 10.6. The molecule has 0 heterocycles. The van der Waals surface area contributed by atoms with Crippen LogP contribution >= 0.6 is 11.6 Å². The van der Waals surface area contributed by atoms with Gasteiger partial charge in [0.1, 0.15) is 4.90 Å². The number of carbonyl (C=O) groups excluding carboxylic acids is 1. The maximum Gasteiger partial charge on any atom is 0.416 e. The van der Waals surface area contributed by atoms with Gasteiger partial charge in [0, 0.05) is 17.8 Å². The number of nitrogens with two attached hydrogens (primary N) is 1. The quantitative estimate of drug-likeness (QED) is 0.301. The highest BCUT2D eigenvalue weighted by molar-refractivity contribution is 7.90. The van der Waals surface area contributed by atoms with Crippen LogP contribution in [0, 0.1) is 12.7 Å². The lowest BCUT2D eigenvalue weighted by molar-refractivity contribution is -0.138. The smallest absolute Gasteiger partial charge is 0.396 e. The van der Waals surface area contributed by atoms with Gasteiger partial charge in [0.05, 0.1) is 17.2 Å². The monoisotopic (exact) mass is 542 g/mol. The lowest BCUT2D eigenvalue weighted by Crippen LogP contribution is -2.28. The van der Waals surface area contributed by atoms with E-state index >= 15 is 0 Å². The van der Waals surface area contributed by atoms with Gasteiger partial charge in [-0.05, 0) is 65.9 Å². The number of carbonyl (C=O) groups is 1. The van der Waals surface area contributed by atoms with Crippen LogP contribution in [0.4, 0.5) is 23.2 Å². The van der Waals surface area contributed by atoms with Crippen molar-refractivity contribution in [2.75, 3.05) is 12.0 Å². The number of alkyl halides is 3. The van der Waals surface area contributed by atoms with E-state index in [0.717, 1.165) is 18.4 Å². The summed E-state index contributed by atoms with van der Waals surface area (Å²) in [5.41, 5.74) is 5.65. The van der Waals surface area contributed by atoms with Crippen molar-refractivity contribution in [1.82, 2.24) is 5.32 Å². The second-order valence-electron chi connectivity index (χ2n) is 8.42. The number of nitrogens with one attached hydrogen (secondary N) is 1. The molecule has 1 unspecified atom stereocenters. The summed E-state index contributed by atoms with van der Waals surface area (Å²) in [5.74, 6) is -2.70. The molecule has 1 atom stereocenters. The molecule has 0 aliphatic carbocycles. The van der Waals surface area contributed by atoms with E-state index in [1.807, 2.05) is 0 Å². The average Bonchev–Trinajstić information content (AvgIpc) is 2.77. The van der Waals surface area contributed by atoms with Crippen molar-refractivity contribution in [3.8, 4) is 11.1 Å². The van der Waals surface area contributed by atoms with Crippen LogP contribution in [0.5, 0.6) is 0 Å². The average molecular weight is 543 g/mol. The van der Waals surface area contributed by atoms with Crippen LogP contribution in [0.2, 0.25) is 5.02 Å². The van der Waals surface area contributed by atoms with Crippen LogP contribution in [-0.2, 0) is 27.4 Å². The number of aryl methyl sites for hydroxylation is 1. The standard InChI is InChI=1S/C25H23ClF4N2O3S/c1-13-9-16(19(11-20(13)25(28,29)30)15-5-4-6-17(26)10-15)12-32-24(33)14(2)18-7-8-21(36(3,34)35)22(27)23(18)31/h4-11,14H,12,31H2,1-3H3,(H,32,33). The molecule has 1 amide bonds. The molecule has 0 radical (unpaired) electrons. The van der Waals surface area contributed by atoms with Gasteiger partial charge in [-0.25, -0.2) is 12.8 Å². The van der Waals surface area contributed by atoms with E-state index in [4.69, 9.17) is 17.3 Å². The number of hydrogen-bond acceptors (Lipinski definition) is 4. The second kappa shape index (κ2) is 10.1. The molecule has 0 aliphatic rings. The molecule has 5 nitrogen and oxygen atoms in total. The Kier molecular flexibility index (Phi) is 7.71. The van der Waals surface area contributed by atoms with Crippen molar-refractivity contribution in [3.05, 3.63) is 81.6 Å². The van der Waals surface area contributed by atoms with Crippen LogP contribution in [0.3, 0.4) is 0 Å². The van der Waals surface area contributed by atoms with Crippen LogP contribution in [0.25, 0.3) is 11.1 Å². The number of amides is 1. The van der Waals surface area contributed by atoms with Gasteiger partial charge in [-0.3, -0.25) is 4.79 Å². The molecule has 0 bridgehead atoms. The zero-order valence-electron chi connectivity index (χ0n) is 19.5. The molecule has 3 aromatic carbocycles. The van der Waals surface area contributed by atoms with Crippen molar-refractivity contribution in [1.29, 1.82) is 0 Å². The molecule has 36 heavy (non-hydrogen) atoms. The fraction of sp³-hybridized carbons (Fsp3) is 0.240. The summed E-state index contributed by atoms with van der Waals surface area (Å²) in [4.78, 5) is 12.3. The molecule has 0 aromatic heterocycles. The van der Waals surface area contributed by atoms with E-state index in [1.165, 1.54) is 32.0 Å². The molecule has 0 spiro atoms. The highest BCUT2D eigenvalue weighted by atomic mass is 35.5. The van der Waals surface area contributed by atoms with E-state index < -0.39 is 49.8 Å². The number of halogens is 5. The molecular formula is C25H23ClF4N2O3S. The van der Waals surface area contributed by atoms with Crippen molar-refractivity contribution in [2.24, 2.45) is 0 Å². The van der Waals surface area contributed by atoms with Crippen molar-refractivity contribution in [3.63, 3.8) is 0 Å². The van der Waals surface area contributed by atoms with Gasteiger partial charge in [-0.2, -0.15) is 13.2 Å². The van der Waals surface area contributed by atoms with Crippen molar-refractivity contribution < 1.29 is 30.8 Å². The Balaban J connectivity index is 1.94. The molecule has 0 aliphatic heterocycles. The third-order valence-electron chi connectivity index (χ3n) is 5.78. The van der Waals surface area contributed by atoms with Gasteiger partial charge in [0.2, 0.25) is 5.91 Å². The molecule has 3 aromatic rings. The fourth-order valence-electron chi connectivity index (χ4n) is 3.87. The van der Waals surface area contributed by atoms with E-state index in [2.05, 4.69) is 5.32 Å². The molecule has 3 rings (SSSR count). The van der Waals surface area contributed by atoms with Crippen LogP contribution < -0.4 is 11.1 Å². The van der Waals surface area contributed by atoms with Gasteiger partial charge < -0.3 is 11.1 Å². The molecule has 11 heteroatoms. The normalized spacial score (nSPS) is 12.9. The van der Waals surface area contributed by atoms with E-state index in [1.54, 1.807) is 18.2 Å². The van der Waals surface area contributed by atoms with Crippen molar-refractivity contribution >= 4 is 33.0 Å². The van der Waals surface area contributed by atoms with Gasteiger partial charge in [0.25, 0.3) is 0 Å². The first-order valence-corrected chi connectivity index (χ1v) is 12.9. The summed E-state index contributed by atoms with van der Waals surface area (Å²) in [6.07, 6.45) is -3.74. The van der Waals surface area contributed by atoms with Gasteiger partial charge in [0.15, 0.2) is 15.7 Å². The SMILES string of the molecule is Cc1cc(CNC(=O)C(C)c2ccc(S(C)(=O)=O)c(F)c2N)c(-c2cccc(Cl)c2)cc1C(F)(F)F. The van der Waals surface area contributed by atoms with E-state index in [-0.39, 0.29) is 23.2 Å². The predicted octanol–water partition coefficient (Wildman–Crippen LogP) is 5.88. The summed E-state index contributed by atoms with van der Waals surface area (Å²) in [6.45, 7) is 2.65. The molecular weight excluding hydrogens is 520 g/mol. The minimum Gasteiger partial charge on any atom is -0.396 e. The van der Waals surface area contributed by atoms with Gasteiger partial charge >= 0.3 is 6.18 Å². The zero-order chi connectivity index (χ0) is 27.0. The summed E-state index contributed by atoms with van der Waals surface area (Å²) in [7, 11) is -3.86. The number of sulfone groups is 1. The zero-order valence-corrected chi connectivity index (χ0v) is 21.1. The summed E-state index contributed by atoms with van der Waals surface area (Å²) in [6, 6.07) is 11.0. The van der Waals surface area contributed by atoms with E-state index in [9.17, 15) is 30.8 Å². The number of nitrogen functional groups attached to an aromatic ring is 1. The lowest BCUT2D eigenvalue weighted by Gasteiger charge is -2.19. The van der Waals surface area contributed by atoms with Crippen LogP contribution in [0.15, 0.2) is 53.4 Å². The highest BCUT2D eigenvalue weighted by Gasteiger charge is 2.33. The van der Waals surface area contributed by atoms with Gasteiger partial charge in [-0.1, -0.05) is 35.9 Å². The molecule has 192 valence electrons. The molecule has 0 fully saturated rings. The topological polar surface area (TPSA) is 89.3 Å². The van der Waals surface area contributed by atoms with Crippen molar-refractivity contribution in [2.45, 2.75) is 37.4 Å². The Bertz CT molecular complexity index is 1440. The molecule has 3 N–H and O–H groups in total. The lowest BCUT2D eigenvalue weighted by atomic mass is 9.93. The fourth-order valence-corrected chi connectivity index (χ4v) is 4.81. The summed E-state index contributed by atoms with van der Waals surface area (Å²) < 4.78 is 78.6. The Morgan fingerprint density at radius 1 is 1.14 bits per heavy atom. The van der Waals surface area contributed by atoms with Crippen LogP contribution in [0.1, 0.15) is 35.1 Å². The Morgan fingerprint density at radius 3 is 2.39 bits per heavy atom. The molecule has 0 saturated heterocycles. The Morgan fingerprint density at radius 2 is 1.81 bits per heavy atom. The number of rotatable bonds is 6. The maximum atomic E-state index is 14.5. The Labute approximate surface area is 211 Å².